The molecule has 3 fully saturated rings. The van der Waals surface area contributed by atoms with Crippen molar-refractivity contribution in [3.8, 4) is 0 Å². The van der Waals surface area contributed by atoms with E-state index in [4.69, 9.17) is 0 Å². The summed E-state index contributed by atoms with van der Waals surface area (Å²) in [6.07, 6.45) is 6.22. The average molecular weight is 421 g/mol. The normalized spacial score (nSPS) is 22.4. The van der Waals surface area contributed by atoms with E-state index in [1.807, 2.05) is 21.9 Å². The number of halogens is 1. The number of amides is 3. The summed E-state index contributed by atoms with van der Waals surface area (Å²) in [5, 5.41) is 6.56. The Morgan fingerprint density at radius 1 is 0.966 bits per heavy atom. The van der Waals surface area contributed by atoms with Crippen LogP contribution in [0.1, 0.15) is 48.0 Å². The first-order valence-corrected chi connectivity index (χ1v) is 10.8. The van der Waals surface area contributed by atoms with Gasteiger partial charge in [-0.1, -0.05) is 12.1 Å². The van der Waals surface area contributed by atoms with Gasteiger partial charge in [0, 0.05) is 37.8 Å². The predicted molar refractivity (Wildman–Crippen MR) is 117 cm³/mol. The van der Waals surface area contributed by atoms with Crippen LogP contribution in [0.3, 0.4) is 0 Å². The third-order valence-corrected chi connectivity index (χ3v) is 6.38. The lowest BCUT2D eigenvalue weighted by Crippen LogP contribution is -2.50. The Morgan fingerprint density at radius 2 is 1.62 bits per heavy atom. The maximum absolute atomic E-state index is 12.6. The van der Waals surface area contributed by atoms with Crippen LogP contribution in [0.5, 0.6) is 0 Å². The number of nitrogens with one attached hydrogen (secondary N) is 2. The number of hydrogen-bond donors (Lipinski definition) is 2. The summed E-state index contributed by atoms with van der Waals surface area (Å²) in [4.78, 5) is 29.0. The van der Waals surface area contributed by atoms with Crippen LogP contribution in [0.4, 0.5) is 4.79 Å². The van der Waals surface area contributed by atoms with Gasteiger partial charge in [-0.15, -0.1) is 12.4 Å². The van der Waals surface area contributed by atoms with Crippen LogP contribution in [0, 0.1) is 5.92 Å². The van der Waals surface area contributed by atoms with Crippen LogP contribution in [0.25, 0.3) is 0 Å². The van der Waals surface area contributed by atoms with E-state index in [1.165, 1.54) is 12.0 Å². The van der Waals surface area contributed by atoms with E-state index in [9.17, 15) is 9.59 Å². The van der Waals surface area contributed by atoms with E-state index in [1.54, 1.807) is 0 Å². The molecule has 6 nitrogen and oxygen atoms in total. The van der Waals surface area contributed by atoms with Crippen LogP contribution >= 0.6 is 12.4 Å². The highest BCUT2D eigenvalue weighted by molar-refractivity contribution is 5.94. The minimum absolute atomic E-state index is 0. The molecule has 3 aliphatic heterocycles. The van der Waals surface area contributed by atoms with Crippen LogP contribution in [0.15, 0.2) is 24.3 Å². The number of urea groups is 1. The lowest BCUT2D eigenvalue weighted by atomic mass is 9.97. The Bertz CT molecular complexity index is 677. The molecule has 0 saturated carbocycles. The van der Waals surface area contributed by atoms with Gasteiger partial charge in [0.1, 0.15) is 0 Å². The van der Waals surface area contributed by atoms with Gasteiger partial charge < -0.3 is 20.4 Å². The van der Waals surface area contributed by atoms with Gasteiger partial charge in [0.2, 0.25) is 0 Å². The molecule has 0 aromatic heterocycles. The molecule has 0 spiro atoms. The molecule has 3 aliphatic rings. The zero-order valence-electron chi connectivity index (χ0n) is 17.1. The molecule has 3 amide bonds. The van der Waals surface area contributed by atoms with Crippen molar-refractivity contribution in [1.29, 1.82) is 0 Å². The summed E-state index contributed by atoms with van der Waals surface area (Å²) in [6.45, 7) is 5.46. The van der Waals surface area contributed by atoms with Gasteiger partial charge >= 0.3 is 6.03 Å². The zero-order valence-corrected chi connectivity index (χ0v) is 17.9. The molecule has 0 bridgehead atoms. The molecule has 1 aromatic carbocycles. The Hall–Kier alpha value is -1.79. The van der Waals surface area contributed by atoms with E-state index in [2.05, 4.69) is 22.8 Å². The highest BCUT2D eigenvalue weighted by atomic mass is 35.5. The Labute approximate surface area is 179 Å². The molecule has 29 heavy (non-hydrogen) atoms. The van der Waals surface area contributed by atoms with Crippen molar-refractivity contribution in [2.24, 2.45) is 5.92 Å². The second-order valence-corrected chi connectivity index (χ2v) is 8.47. The Balaban J connectivity index is 0.00000240. The predicted octanol–water partition coefficient (Wildman–Crippen LogP) is 2.67. The molecule has 0 radical (unpaired) electrons. The summed E-state index contributed by atoms with van der Waals surface area (Å²) in [5.74, 6) is 0.714. The molecule has 2 N–H and O–H groups in total. The minimum Gasteiger partial charge on any atom is -0.349 e. The molecule has 3 heterocycles. The second kappa shape index (κ2) is 10.3. The van der Waals surface area contributed by atoms with Gasteiger partial charge in [-0.25, -0.2) is 4.79 Å². The third kappa shape index (κ3) is 5.64. The van der Waals surface area contributed by atoms with E-state index in [0.717, 1.165) is 76.9 Å². The molecule has 0 aliphatic carbocycles. The van der Waals surface area contributed by atoms with Crippen LogP contribution in [-0.2, 0) is 6.42 Å². The quantitative estimate of drug-likeness (QED) is 0.787. The highest BCUT2D eigenvalue weighted by Crippen LogP contribution is 2.18. The van der Waals surface area contributed by atoms with Gasteiger partial charge in [0.15, 0.2) is 0 Å². The first-order valence-electron chi connectivity index (χ1n) is 10.8. The van der Waals surface area contributed by atoms with Crippen molar-refractivity contribution in [2.75, 3.05) is 39.3 Å². The third-order valence-electron chi connectivity index (χ3n) is 6.38. The van der Waals surface area contributed by atoms with Crippen molar-refractivity contribution in [3.05, 3.63) is 35.4 Å². The molecule has 1 unspecified atom stereocenters. The molecular weight excluding hydrogens is 388 g/mol. The first kappa shape index (κ1) is 21.9. The Kier molecular flexibility index (Phi) is 7.78. The van der Waals surface area contributed by atoms with Gasteiger partial charge in [-0.05, 0) is 75.2 Å². The number of nitrogens with zero attached hydrogens (tertiary/aromatic N) is 2. The van der Waals surface area contributed by atoms with Crippen molar-refractivity contribution < 1.29 is 9.59 Å². The number of benzene rings is 1. The smallest absolute Gasteiger partial charge is 0.319 e. The Morgan fingerprint density at radius 3 is 2.24 bits per heavy atom. The minimum atomic E-state index is -0.00148. The summed E-state index contributed by atoms with van der Waals surface area (Å²) < 4.78 is 0. The fourth-order valence-corrected chi connectivity index (χ4v) is 4.61. The average Bonchev–Trinajstić information content (AvgIpc) is 3.43. The molecule has 1 aromatic rings. The topological polar surface area (TPSA) is 64.7 Å². The van der Waals surface area contributed by atoms with Crippen molar-refractivity contribution in [1.82, 2.24) is 20.4 Å². The number of carbonyl (C=O) groups is 2. The number of rotatable bonds is 4. The largest absolute Gasteiger partial charge is 0.349 e. The van der Waals surface area contributed by atoms with Crippen LogP contribution in [-0.4, -0.2) is 67.0 Å². The van der Waals surface area contributed by atoms with Gasteiger partial charge in [0.25, 0.3) is 5.91 Å². The maximum Gasteiger partial charge on any atom is 0.319 e. The van der Waals surface area contributed by atoms with Crippen molar-refractivity contribution >= 4 is 24.3 Å². The zero-order chi connectivity index (χ0) is 19.3. The summed E-state index contributed by atoms with van der Waals surface area (Å²) in [6, 6.07) is 8.39. The number of piperidine rings is 1. The molecular formula is C22H33ClN4O2. The van der Waals surface area contributed by atoms with E-state index in [-0.39, 0.29) is 30.4 Å². The summed E-state index contributed by atoms with van der Waals surface area (Å²) in [7, 11) is 0. The lowest BCUT2D eigenvalue weighted by molar-refractivity contribution is 0.0912. The first-order chi connectivity index (χ1) is 13.7. The molecule has 160 valence electrons. The molecule has 7 heteroatoms. The van der Waals surface area contributed by atoms with Crippen LogP contribution < -0.4 is 10.6 Å². The number of carbonyl (C=O) groups excluding carboxylic acids is 2. The molecule has 1 atom stereocenters. The summed E-state index contributed by atoms with van der Waals surface area (Å²) >= 11 is 0. The fraction of sp³-hybridized carbons (Fsp3) is 0.636. The standard InChI is InChI=1S/C22H32N4O2.ClH/c27-21(19-5-3-17(4-6-19)15-18-7-10-23-16-18)24-20-8-13-26(14-9-20)22(28)25-11-1-2-12-25;/h3-6,18,20,23H,1-2,7-16H2,(H,24,27);1H. The van der Waals surface area contributed by atoms with Crippen molar-refractivity contribution in [3.63, 3.8) is 0 Å². The van der Waals surface area contributed by atoms with Gasteiger partial charge in [-0.2, -0.15) is 0 Å². The number of likely N-dealkylation sites (tertiary alicyclic amines) is 2. The van der Waals surface area contributed by atoms with E-state index < -0.39 is 0 Å². The lowest BCUT2D eigenvalue weighted by Gasteiger charge is -2.34. The van der Waals surface area contributed by atoms with Gasteiger partial charge in [0.05, 0.1) is 0 Å². The molecule has 3 saturated heterocycles. The highest BCUT2D eigenvalue weighted by Gasteiger charge is 2.28. The SMILES string of the molecule is Cl.O=C(NC1CCN(C(=O)N2CCCC2)CC1)c1ccc(CC2CCNC2)cc1. The van der Waals surface area contributed by atoms with Crippen molar-refractivity contribution in [2.45, 2.75) is 44.6 Å². The monoisotopic (exact) mass is 420 g/mol. The van der Waals surface area contributed by atoms with Gasteiger partial charge in [-0.3, -0.25) is 4.79 Å². The fourth-order valence-electron chi connectivity index (χ4n) is 4.61. The summed E-state index contributed by atoms with van der Waals surface area (Å²) in [5.41, 5.74) is 2.03. The number of hydrogen-bond acceptors (Lipinski definition) is 3. The van der Waals surface area contributed by atoms with Crippen LogP contribution in [0.2, 0.25) is 0 Å². The van der Waals surface area contributed by atoms with E-state index in [0.29, 0.717) is 5.92 Å². The second-order valence-electron chi connectivity index (χ2n) is 8.47. The van der Waals surface area contributed by atoms with E-state index >= 15 is 0 Å². The molecule has 4 rings (SSSR count). The maximum atomic E-state index is 12.6.